The largest absolute Gasteiger partial charge is 0.384 e. The molecule has 3 aromatic rings. The van der Waals surface area contributed by atoms with Crippen LogP contribution in [0.2, 0.25) is 9.36 Å². The van der Waals surface area contributed by atoms with Gasteiger partial charge in [0.15, 0.2) is 0 Å². The van der Waals surface area contributed by atoms with Crippen LogP contribution in [0.1, 0.15) is 35.2 Å². The Balaban J connectivity index is 1.23. The van der Waals surface area contributed by atoms with Crippen molar-refractivity contribution in [3.05, 3.63) is 69.0 Å². The molecule has 0 saturated carbocycles. The minimum Gasteiger partial charge on any atom is -0.384 e. The topological polar surface area (TPSA) is 128 Å². The van der Waals surface area contributed by atoms with Crippen molar-refractivity contribution in [3.8, 4) is 0 Å². The zero-order chi connectivity index (χ0) is 29.1. The summed E-state index contributed by atoms with van der Waals surface area (Å²) in [7, 11) is -4.12. The van der Waals surface area contributed by atoms with Gasteiger partial charge in [0.25, 0.3) is 15.9 Å². The lowest BCUT2D eigenvalue weighted by molar-refractivity contribution is -0.117. The number of anilines is 3. The third-order valence-corrected chi connectivity index (χ3v) is 10.2. The highest BCUT2D eigenvalue weighted by Gasteiger charge is 2.33. The van der Waals surface area contributed by atoms with E-state index in [-0.39, 0.29) is 31.4 Å². The first-order valence-corrected chi connectivity index (χ1v) is 16.0. The van der Waals surface area contributed by atoms with Crippen molar-refractivity contribution in [1.29, 1.82) is 0 Å². The van der Waals surface area contributed by atoms with E-state index in [1.165, 1.54) is 49.6 Å². The molecule has 2 aliphatic heterocycles. The average molecular weight is 637 g/mol. The molecule has 10 nitrogen and oxygen atoms in total. The van der Waals surface area contributed by atoms with Crippen LogP contribution >= 0.6 is 34.5 Å². The summed E-state index contributed by atoms with van der Waals surface area (Å²) in [6.45, 7) is 3.94. The van der Waals surface area contributed by atoms with E-state index in [0.717, 1.165) is 48.1 Å². The molecule has 1 aromatic heterocycles. The number of carbonyl (C=O) groups is 3. The number of nitrogens with zero attached hydrogens (tertiary/aromatic N) is 2. The number of carbonyl (C=O) groups excluding carboxylic acids is 3. The maximum Gasteiger partial charge on any atom is 0.333 e. The third kappa shape index (κ3) is 6.84. The van der Waals surface area contributed by atoms with Crippen LogP contribution in [0, 0.1) is 0 Å². The molecule has 2 aromatic carbocycles. The molecule has 0 spiro atoms. The number of fused-ring (bicyclic) bond motifs is 1. The fourth-order valence-electron chi connectivity index (χ4n) is 4.86. The Labute approximate surface area is 251 Å². The van der Waals surface area contributed by atoms with Gasteiger partial charge >= 0.3 is 6.03 Å². The Morgan fingerprint density at radius 3 is 2.41 bits per heavy atom. The van der Waals surface area contributed by atoms with Crippen molar-refractivity contribution in [2.24, 2.45) is 0 Å². The molecule has 41 heavy (non-hydrogen) atoms. The molecule has 0 atom stereocenters. The number of urea groups is 1. The molecule has 0 unspecified atom stereocenters. The number of imide groups is 1. The predicted molar refractivity (Wildman–Crippen MR) is 161 cm³/mol. The van der Waals surface area contributed by atoms with Gasteiger partial charge in [0.05, 0.1) is 21.5 Å². The van der Waals surface area contributed by atoms with Crippen LogP contribution in [0.3, 0.4) is 0 Å². The van der Waals surface area contributed by atoms with Crippen molar-refractivity contribution < 1.29 is 22.8 Å². The number of amides is 4. The van der Waals surface area contributed by atoms with Gasteiger partial charge in [0, 0.05) is 30.0 Å². The number of halogens is 2. The minimum absolute atomic E-state index is 0.0199. The maximum absolute atomic E-state index is 13.3. The highest BCUT2D eigenvalue weighted by Crippen LogP contribution is 2.34. The molecule has 4 amide bonds. The quantitative estimate of drug-likeness (QED) is 0.291. The molecule has 2 aliphatic rings. The molecule has 0 bridgehead atoms. The summed E-state index contributed by atoms with van der Waals surface area (Å²) in [5.41, 5.74) is 2.21. The molecule has 1 saturated heterocycles. The van der Waals surface area contributed by atoms with Crippen molar-refractivity contribution >= 4 is 79.5 Å². The van der Waals surface area contributed by atoms with E-state index in [9.17, 15) is 22.8 Å². The molecular formula is C27H27Cl2N5O5S2. The number of hydrogen-bond donors (Lipinski definition) is 3. The van der Waals surface area contributed by atoms with Gasteiger partial charge in [-0.05, 0) is 80.0 Å². The number of likely N-dealkylation sites (tertiary alicyclic amines) is 1. The van der Waals surface area contributed by atoms with E-state index in [0.29, 0.717) is 11.1 Å². The molecule has 1 fully saturated rings. The van der Waals surface area contributed by atoms with Crippen LogP contribution in [0.5, 0.6) is 0 Å². The molecule has 5 rings (SSSR count). The lowest BCUT2D eigenvalue weighted by atomic mass is 9.97. The van der Waals surface area contributed by atoms with E-state index in [1.54, 1.807) is 6.07 Å². The number of nitrogens with one attached hydrogen (secondary N) is 3. The summed E-state index contributed by atoms with van der Waals surface area (Å²) >= 11 is 13.0. The molecule has 3 N–H and O–H groups in total. The fourth-order valence-corrected chi connectivity index (χ4v) is 7.51. The second kappa shape index (κ2) is 12.4. The summed E-state index contributed by atoms with van der Waals surface area (Å²) in [5.74, 6) is -0.939. The van der Waals surface area contributed by atoms with Crippen molar-refractivity contribution in [2.45, 2.75) is 29.9 Å². The lowest BCUT2D eigenvalue weighted by Crippen LogP contribution is -2.42. The normalized spacial score (nSPS) is 15.9. The summed E-state index contributed by atoms with van der Waals surface area (Å²) in [6, 6.07) is 11.2. The maximum atomic E-state index is 13.3. The summed E-state index contributed by atoms with van der Waals surface area (Å²) < 4.78 is 26.7. The highest BCUT2D eigenvalue weighted by molar-refractivity contribution is 7.92. The molecule has 3 heterocycles. The predicted octanol–water partition coefficient (Wildman–Crippen LogP) is 5.19. The number of sulfonamides is 1. The lowest BCUT2D eigenvalue weighted by Gasteiger charge is -2.28. The Morgan fingerprint density at radius 1 is 0.951 bits per heavy atom. The first kappa shape index (κ1) is 29.3. The Kier molecular flexibility index (Phi) is 8.85. The standard InChI is InChI=1S/C27H27Cl2N5O5S2/c28-21-16-19(31-27(37)32-41(38,39)25-9-8-23(29)40-25)5-7-22(21)34-24(35)15-17-14-18(4-6-20(17)26(34)36)30-10-13-33-11-2-1-3-12-33/h4-9,14,16,30H,1-3,10-13,15H2,(H2,31,32,37). The Hall–Kier alpha value is -3.16. The van der Waals surface area contributed by atoms with Crippen LogP contribution in [0.15, 0.2) is 52.7 Å². The van der Waals surface area contributed by atoms with E-state index < -0.39 is 27.9 Å². The second-order valence-corrected chi connectivity index (χ2v) is 13.7. The van der Waals surface area contributed by atoms with Crippen LogP contribution in [-0.2, 0) is 21.2 Å². The number of thiophene rings is 1. The van der Waals surface area contributed by atoms with Gasteiger partial charge in [0.2, 0.25) is 5.91 Å². The van der Waals surface area contributed by atoms with Crippen LogP contribution in [-0.4, -0.2) is 57.3 Å². The summed E-state index contributed by atoms with van der Waals surface area (Å²) in [4.78, 5) is 42.2. The monoisotopic (exact) mass is 635 g/mol. The van der Waals surface area contributed by atoms with Gasteiger partial charge < -0.3 is 15.5 Å². The minimum atomic E-state index is -4.12. The summed E-state index contributed by atoms with van der Waals surface area (Å²) in [5, 5.41) is 5.80. The van der Waals surface area contributed by atoms with Gasteiger partial charge in [-0.1, -0.05) is 29.6 Å². The van der Waals surface area contributed by atoms with Crippen LogP contribution in [0.25, 0.3) is 0 Å². The third-order valence-electron chi connectivity index (χ3n) is 6.82. The zero-order valence-corrected chi connectivity index (χ0v) is 24.9. The highest BCUT2D eigenvalue weighted by atomic mass is 35.5. The fraction of sp³-hybridized carbons (Fsp3) is 0.296. The van der Waals surface area contributed by atoms with Crippen molar-refractivity contribution in [2.75, 3.05) is 41.7 Å². The van der Waals surface area contributed by atoms with Gasteiger partial charge in [0.1, 0.15) is 4.21 Å². The van der Waals surface area contributed by atoms with Gasteiger partial charge in [-0.2, -0.15) is 0 Å². The van der Waals surface area contributed by atoms with E-state index >= 15 is 0 Å². The van der Waals surface area contributed by atoms with E-state index in [2.05, 4.69) is 15.5 Å². The SMILES string of the molecule is O=C(Nc1ccc(N2C(=O)Cc3cc(NCCN4CCCCC4)ccc3C2=O)c(Cl)c1)NS(=O)(=O)c1ccc(Cl)s1. The number of rotatable bonds is 8. The molecular weight excluding hydrogens is 609 g/mol. The summed E-state index contributed by atoms with van der Waals surface area (Å²) in [6.07, 6.45) is 3.77. The first-order valence-electron chi connectivity index (χ1n) is 13.0. The molecule has 0 radical (unpaired) electrons. The second-order valence-electron chi connectivity index (χ2n) is 9.70. The number of benzene rings is 2. The van der Waals surface area contributed by atoms with Crippen molar-refractivity contribution in [3.63, 3.8) is 0 Å². The molecule has 14 heteroatoms. The van der Waals surface area contributed by atoms with Crippen LogP contribution in [0.4, 0.5) is 21.9 Å². The van der Waals surface area contributed by atoms with Crippen LogP contribution < -0.4 is 20.3 Å². The smallest absolute Gasteiger partial charge is 0.333 e. The van der Waals surface area contributed by atoms with Gasteiger partial charge in [-0.15, -0.1) is 11.3 Å². The Bertz CT molecular complexity index is 1610. The average Bonchev–Trinajstić information content (AvgIpc) is 3.37. The molecule has 0 aliphatic carbocycles. The van der Waals surface area contributed by atoms with E-state index in [4.69, 9.17) is 23.2 Å². The van der Waals surface area contributed by atoms with E-state index in [1.807, 2.05) is 16.9 Å². The molecule has 216 valence electrons. The zero-order valence-electron chi connectivity index (χ0n) is 21.8. The van der Waals surface area contributed by atoms with Crippen molar-refractivity contribution in [1.82, 2.24) is 9.62 Å². The Morgan fingerprint density at radius 2 is 1.71 bits per heavy atom. The first-order chi connectivity index (χ1) is 19.6. The number of hydrogen-bond acceptors (Lipinski definition) is 8. The number of piperidine rings is 1. The van der Waals surface area contributed by atoms with Gasteiger partial charge in [-0.3, -0.25) is 9.59 Å². The van der Waals surface area contributed by atoms with Gasteiger partial charge in [-0.25, -0.2) is 22.8 Å².